The Bertz CT molecular complexity index is 724. The Morgan fingerprint density at radius 2 is 1.83 bits per heavy atom. The molecule has 0 unspecified atom stereocenters. The first kappa shape index (κ1) is 16.8. The predicted octanol–water partition coefficient (Wildman–Crippen LogP) is 2.86. The maximum atomic E-state index is 12.1. The van der Waals surface area contributed by atoms with Crippen LogP contribution in [0.15, 0.2) is 36.4 Å². The predicted molar refractivity (Wildman–Crippen MR) is 88.3 cm³/mol. The minimum absolute atomic E-state index is 0.00438. The van der Waals surface area contributed by atoms with E-state index in [4.69, 9.17) is 4.74 Å². The molecule has 0 radical (unpaired) electrons. The van der Waals surface area contributed by atoms with Crippen molar-refractivity contribution in [2.45, 2.75) is 26.8 Å². The lowest BCUT2D eigenvalue weighted by atomic mass is 10.1. The number of esters is 1. The number of hydrogen-bond acceptors (Lipinski definition) is 4. The highest BCUT2D eigenvalue weighted by molar-refractivity contribution is 6.01. The van der Waals surface area contributed by atoms with Gasteiger partial charge in [-0.25, -0.2) is 4.79 Å². The van der Waals surface area contributed by atoms with Gasteiger partial charge in [0.15, 0.2) is 6.61 Å². The minimum Gasteiger partial charge on any atom is -0.506 e. The van der Waals surface area contributed by atoms with Crippen molar-refractivity contribution in [1.82, 2.24) is 5.32 Å². The highest BCUT2D eigenvalue weighted by Crippen LogP contribution is 2.28. The number of benzene rings is 2. The van der Waals surface area contributed by atoms with Crippen molar-refractivity contribution in [1.29, 1.82) is 0 Å². The lowest BCUT2D eigenvalue weighted by Gasteiger charge is -2.17. The van der Waals surface area contributed by atoms with Crippen molar-refractivity contribution in [2.24, 2.45) is 5.92 Å². The summed E-state index contributed by atoms with van der Waals surface area (Å²) < 4.78 is 4.99. The van der Waals surface area contributed by atoms with E-state index in [-0.39, 0.29) is 29.9 Å². The van der Waals surface area contributed by atoms with Gasteiger partial charge in [-0.05, 0) is 24.3 Å². The van der Waals surface area contributed by atoms with Gasteiger partial charge in [0.2, 0.25) is 0 Å². The lowest BCUT2D eigenvalue weighted by molar-refractivity contribution is -0.125. The fourth-order valence-electron chi connectivity index (χ4n) is 2.09. The van der Waals surface area contributed by atoms with E-state index in [1.165, 1.54) is 6.07 Å². The van der Waals surface area contributed by atoms with Gasteiger partial charge in [-0.15, -0.1) is 0 Å². The molecule has 2 N–H and O–H groups in total. The molecule has 1 amide bonds. The van der Waals surface area contributed by atoms with Crippen molar-refractivity contribution >= 4 is 22.6 Å². The second-order valence-corrected chi connectivity index (χ2v) is 5.86. The Hall–Kier alpha value is -2.56. The summed E-state index contributed by atoms with van der Waals surface area (Å²) in [6, 6.07) is 10.4. The van der Waals surface area contributed by atoms with Crippen molar-refractivity contribution in [3.63, 3.8) is 0 Å². The number of phenols is 1. The third-order valence-corrected chi connectivity index (χ3v) is 3.84. The molecule has 0 fully saturated rings. The Morgan fingerprint density at radius 1 is 1.13 bits per heavy atom. The second-order valence-electron chi connectivity index (χ2n) is 5.86. The normalized spacial score (nSPS) is 12.2. The van der Waals surface area contributed by atoms with Crippen LogP contribution in [-0.4, -0.2) is 29.6 Å². The third kappa shape index (κ3) is 4.00. The van der Waals surface area contributed by atoms with Gasteiger partial charge < -0.3 is 15.2 Å². The number of nitrogens with one attached hydrogen (secondary N) is 1. The topological polar surface area (TPSA) is 75.6 Å². The van der Waals surface area contributed by atoms with Crippen LogP contribution in [-0.2, 0) is 9.53 Å². The minimum atomic E-state index is -0.722. The molecule has 5 nitrogen and oxygen atoms in total. The van der Waals surface area contributed by atoms with Gasteiger partial charge in [0, 0.05) is 11.4 Å². The molecule has 0 aromatic heterocycles. The Labute approximate surface area is 135 Å². The van der Waals surface area contributed by atoms with Gasteiger partial charge in [0.1, 0.15) is 11.3 Å². The first-order valence-electron chi connectivity index (χ1n) is 7.57. The molecule has 122 valence electrons. The number of carbonyl (C=O) groups is 2. The molecular weight excluding hydrogens is 294 g/mol. The first-order valence-corrected chi connectivity index (χ1v) is 7.57. The summed E-state index contributed by atoms with van der Waals surface area (Å²) in [5.74, 6) is -0.927. The van der Waals surface area contributed by atoms with E-state index in [1.807, 2.05) is 32.9 Å². The molecule has 0 saturated carbocycles. The van der Waals surface area contributed by atoms with Crippen LogP contribution in [0.25, 0.3) is 10.8 Å². The van der Waals surface area contributed by atoms with Crippen molar-refractivity contribution in [3.8, 4) is 5.75 Å². The summed E-state index contributed by atoms with van der Waals surface area (Å²) in [5, 5.41) is 14.3. The smallest absolute Gasteiger partial charge is 0.342 e. The molecule has 0 aliphatic rings. The number of hydrogen-bond donors (Lipinski definition) is 2. The number of fused-ring (bicyclic) bond motifs is 1. The molecule has 0 heterocycles. The summed E-state index contributed by atoms with van der Waals surface area (Å²) in [4.78, 5) is 23.8. The zero-order valence-corrected chi connectivity index (χ0v) is 13.5. The summed E-state index contributed by atoms with van der Waals surface area (Å²) in [7, 11) is 0. The van der Waals surface area contributed by atoms with Crippen molar-refractivity contribution < 1.29 is 19.4 Å². The van der Waals surface area contributed by atoms with E-state index in [2.05, 4.69) is 5.32 Å². The molecule has 0 spiro atoms. The Kier molecular flexibility index (Phi) is 5.21. The number of aromatic hydroxyl groups is 1. The van der Waals surface area contributed by atoms with Crippen LogP contribution in [0.3, 0.4) is 0 Å². The molecule has 0 aliphatic carbocycles. The van der Waals surface area contributed by atoms with Gasteiger partial charge >= 0.3 is 5.97 Å². The average Bonchev–Trinajstić information content (AvgIpc) is 2.53. The summed E-state index contributed by atoms with van der Waals surface area (Å²) in [6.07, 6.45) is 0. The SMILES string of the molecule is CC(C)[C@H](C)NC(=O)COC(=O)c1ccc2ccccc2c1O. The molecule has 0 bridgehead atoms. The van der Waals surface area contributed by atoms with Crippen LogP contribution < -0.4 is 5.32 Å². The number of amides is 1. The molecule has 23 heavy (non-hydrogen) atoms. The lowest BCUT2D eigenvalue weighted by Crippen LogP contribution is -2.38. The largest absolute Gasteiger partial charge is 0.506 e. The molecule has 0 saturated heterocycles. The quantitative estimate of drug-likeness (QED) is 0.832. The van der Waals surface area contributed by atoms with Gasteiger partial charge in [-0.1, -0.05) is 44.2 Å². The first-order chi connectivity index (χ1) is 10.9. The summed E-state index contributed by atoms with van der Waals surface area (Å²) >= 11 is 0. The maximum absolute atomic E-state index is 12.1. The average molecular weight is 315 g/mol. The third-order valence-electron chi connectivity index (χ3n) is 3.84. The van der Waals surface area contributed by atoms with Gasteiger partial charge in [0.25, 0.3) is 5.91 Å². The number of rotatable bonds is 5. The fourth-order valence-corrected chi connectivity index (χ4v) is 2.09. The highest BCUT2D eigenvalue weighted by atomic mass is 16.5. The van der Waals surface area contributed by atoms with Crippen LogP contribution in [0, 0.1) is 5.92 Å². The Morgan fingerprint density at radius 3 is 2.52 bits per heavy atom. The number of phenolic OH excluding ortho intramolecular Hbond substituents is 1. The second kappa shape index (κ2) is 7.13. The molecule has 5 heteroatoms. The summed E-state index contributed by atoms with van der Waals surface area (Å²) in [6.45, 7) is 5.50. The van der Waals surface area contributed by atoms with Crippen LogP contribution in [0.1, 0.15) is 31.1 Å². The highest BCUT2D eigenvalue weighted by Gasteiger charge is 2.17. The van der Waals surface area contributed by atoms with Gasteiger partial charge in [0.05, 0.1) is 0 Å². The molecular formula is C18H21NO4. The fraction of sp³-hybridized carbons (Fsp3) is 0.333. The van der Waals surface area contributed by atoms with Crippen LogP contribution in [0.4, 0.5) is 0 Å². The van der Waals surface area contributed by atoms with E-state index in [0.717, 1.165) is 5.39 Å². The number of ether oxygens (including phenoxy) is 1. The van der Waals surface area contributed by atoms with E-state index >= 15 is 0 Å². The Balaban J connectivity index is 2.04. The van der Waals surface area contributed by atoms with Crippen LogP contribution in [0.2, 0.25) is 0 Å². The van der Waals surface area contributed by atoms with Gasteiger partial charge in [-0.3, -0.25) is 4.79 Å². The molecule has 2 aromatic carbocycles. The molecule has 2 rings (SSSR count). The van der Waals surface area contributed by atoms with Crippen LogP contribution in [0.5, 0.6) is 5.75 Å². The maximum Gasteiger partial charge on any atom is 0.342 e. The van der Waals surface area contributed by atoms with E-state index in [1.54, 1.807) is 18.2 Å². The van der Waals surface area contributed by atoms with Crippen LogP contribution >= 0.6 is 0 Å². The van der Waals surface area contributed by atoms with E-state index < -0.39 is 5.97 Å². The molecule has 0 aliphatic heterocycles. The molecule has 1 atom stereocenters. The van der Waals surface area contributed by atoms with E-state index in [9.17, 15) is 14.7 Å². The zero-order chi connectivity index (χ0) is 17.0. The van der Waals surface area contributed by atoms with Crippen molar-refractivity contribution in [2.75, 3.05) is 6.61 Å². The van der Waals surface area contributed by atoms with Crippen molar-refractivity contribution in [3.05, 3.63) is 42.0 Å². The summed E-state index contributed by atoms with van der Waals surface area (Å²) in [5.41, 5.74) is 0.0495. The number of carbonyl (C=O) groups excluding carboxylic acids is 2. The standard InChI is InChI=1S/C18H21NO4/c1-11(2)12(3)19-16(20)10-23-18(22)15-9-8-13-6-4-5-7-14(13)17(15)21/h4-9,11-12,21H,10H2,1-3H3,(H,19,20)/t12-/m0/s1. The molecule has 2 aromatic rings. The van der Waals surface area contributed by atoms with E-state index in [0.29, 0.717) is 11.3 Å². The monoisotopic (exact) mass is 315 g/mol. The zero-order valence-electron chi connectivity index (χ0n) is 13.5. The van der Waals surface area contributed by atoms with Gasteiger partial charge in [-0.2, -0.15) is 0 Å².